The molecular formula is C26H36ClN5O2. The van der Waals surface area contributed by atoms with E-state index in [0.717, 1.165) is 57.8 Å². The molecule has 0 bridgehead atoms. The van der Waals surface area contributed by atoms with Crippen LogP contribution in [0.15, 0.2) is 23.0 Å². The Morgan fingerprint density at radius 3 is 2.44 bits per heavy atom. The zero-order chi connectivity index (χ0) is 25.3. The Labute approximate surface area is 206 Å². The fourth-order valence-corrected chi connectivity index (χ4v) is 4.96. The van der Waals surface area contributed by atoms with E-state index in [1.54, 1.807) is 6.07 Å². The summed E-state index contributed by atoms with van der Waals surface area (Å²) in [6.45, 7) is 10.9. The number of carbonyl (C=O) groups is 1. The average Bonchev–Trinajstić information content (AvgIpc) is 3.00. The van der Waals surface area contributed by atoms with Crippen LogP contribution >= 0.6 is 11.6 Å². The van der Waals surface area contributed by atoms with E-state index < -0.39 is 0 Å². The monoisotopic (exact) mass is 485 g/mol. The molecule has 3 N–H and O–H groups in total. The van der Waals surface area contributed by atoms with Crippen molar-refractivity contribution in [3.63, 3.8) is 0 Å². The van der Waals surface area contributed by atoms with E-state index in [9.17, 15) is 9.59 Å². The van der Waals surface area contributed by atoms with Gasteiger partial charge in [-0.1, -0.05) is 24.9 Å². The minimum absolute atomic E-state index is 0.0201. The summed E-state index contributed by atoms with van der Waals surface area (Å²) in [7, 11) is 4.05. The highest BCUT2D eigenvalue weighted by Crippen LogP contribution is 2.35. The molecule has 1 aromatic carbocycles. The van der Waals surface area contributed by atoms with Crippen molar-refractivity contribution in [2.24, 2.45) is 5.84 Å². The predicted octanol–water partition coefficient (Wildman–Crippen LogP) is 4.71. The molecule has 0 saturated carbocycles. The van der Waals surface area contributed by atoms with Crippen LogP contribution in [0.4, 0.5) is 0 Å². The van der Waals surface area contributed by atoms with Gasteiger partial charge in [-0.2, -0.15) is 0 Å². The number of benzene rings is 1. The lowest BCUT2D eigenvalue weighted by Crippen LogP contribution is -2.39. The molecule has 3 rings (SSSR count). The van der Waals surface area contributed by atoms with Crippen LogP contribution in [0.2, 0.25) is 5.02 Å². The molecule has 3 aromatic rings. The molecule has 0 aliphatic heterocycles. The van der Waals surface area contributed by atoms with Gasteiger partial charge in [0.2, 0.25) is 0 Å². The van der Waals surface area contributed by atoms with Gasteiger partial charge in [0.25, 0.3) is 11.5 Å². The second-order valence-electron chi connectivity index (χ2n) is 9.59. The van der Waals surface area contributed by atoms with Crippen molar-refractivity contribution in [2.75, 3.05) is 14.1 Å². The summed E-state index contributed by atoms with van der Waals surface area (Å²) in [4.78, 5) is 31.3. The molecule has 0 atom stereocenters. The molecule has 0 radical (unpaired) electrons. The second-order valence-corrected chi connectivity index (χ2v) is 10.0. The van der Waals surface area contributed by atoms with Gasteiger partial charge >= 0.3 is 0 Å². The normalized spacial score (nSPS) is 11.7. The first-order valence-electron chi connectivity index (χ1n) is 11.7. The Bertz CT molecular complexity index is 1270. The molecule has 184 valence electrons. The summed E-state index contributed by atoms with van der Waals surface area (Å²) in [6, 6.07) is 5.72. The van der Waals surface area contributed by atoms with Crippen molar-refractivity contribution in [1.82, 2.24) is 19.5 Å². The van der Waals surface area contributed by atoms with Gasteiger partial charge in [0, 0.05) is 39.9 Å². The van der Waals surface area contributed by atoms with Gasteiger partial charge in [0.05, 0.1) is 17.6 Å². The average molecular weight is 486 g/mol. The van der Waals surface area contributed by atoms with E-state index in [1.165, 1.54) is 0 Å². The molecule has 2 aromatic heterocycles. The third-order valence-corrected chi connectivity index (χ3v) is 6.34. The highest BCUT2D eigenvalue weighted by atomic mass is 35.5. The Balaban J connectivity index is 2.13. The van der Waals surface area contributed by atoms with Crippen molar-refractivity contribution in [3.8, 4) is 0 Å². The number of aryl methyl sites for hydroxylation is 3. The van der Waals surface area contributed by atoms with Gasteiger partial charge in [-0.15, -0.1) is 0 Å². The number of nitrogens with two attached hydrogens (primary N) is 1. The van der Waals surface area contributed by atoms with Crippen molar-refractivity contribution >= 4 is 28.4 Å². The second kappa shape index (κ2) is 10.3. The molecule has 7 nitrogen and oxygen atoms in total. The standard InChI is InChI=1S/C26H36ClN5O2/c1-8-9-18-10-16(4)29-25(33)21(18)13-31(28)26(34)20-11-19(27)12-22-24(20)17(5)23(14-30(6)7)32(22)15(2)3/h10-12,15H,8-9,13-14,28H2,1-7H3,(H,29,33). The van der Waals surface area contributed by atoms with E-state index >= 15 is 0 Å². The van der Waals surface area contributed by atoms with Crippen LogP contribution in [0.3, 0.4) is 0 Å². The number of fused-ring (bicyclic) bond motifs is 1. The lowest BCUT2D eigenvalue weighted by molar-refractivity contribution is 0.0744. The van der Waals surface area contributed by atoms with Gasteiger partial charge in [-0.05, 0) is 77.5 Å². The van der Waals surface area contributed by atoms with Crippen molar-refractivity contribution in [2.45, 2.75) is 66.6 Å². The number of hydrazine groups is 1. The van der Waals surface area contributed by atoms with E-state index in [2.05, 4.69) is 35.2 Å². The SMILES string of the molecule is CCCc1cc(C)[nH]c(=O)c1CN(N)C(=O)c1cc(Cl)cc2c1c(C)c(CN(C)C)n2C(C)C. The highest BCUT2D eigenvalue weighted by Gasteiger charge is 2.25. The van der Waals surface area contributed by atoms with Crippen LogP contribution in [0, 0.1) is 13.8 Å². The number of amides is 1. The number of hydrogen-bond donors (Lipinski definition) is 2. The molecule has 0 fully saturated rings. The summed E-state index contributed by atoms with van der Waals surface area (Å²) in [5, 5.41) is 2.45. The number of rotatable bonds is 8. The number of H-pyrrole nitrogens is 1. The molecule has 8 heteroatoms. The minimum atomic E-state index is -0.365. The number of hydrogen-bond acceptors (Lipinski definition) is 4. The van der Waals surface area contributed by atoms with Crippen LogP contribution in [0.5, 0.6) is 0 Å². The quantitative estimate of drug-likeness (QED) is 0.275. The maximum absolute atomic E-state index is 13.6. The summed E-state index contributed by atoms with van der Waals surface area (Å²) >= 11 is 6.50. The first kappa shape index (κ1) is 26.0. The molecule has 0 aliphatic carbocycles. The molecule has 1 amide bonds. The third kappa shape index (κ3) is 5.06. The zero-order valence-corrected chi connectivity index (χ0v) is 22.0. The van der Waals surface area contributed by atoms with E-state index in [1.807, 2.05) is 40.1 Å². The molecule has 0 aliphatic rings. The Morgan fingerprint density at radius 1 is 1.18 bits per heavy atom. The maximum Gasteiger partial charge on any atom is 0.268 e. The molecule has 2 heterocycles. The minimum Gasteiger partial charge on any atom is -0.340 e. The molecule has 0 spiro atoms. The molecule has 34 heavy (non-hydrogen) atoms. The van der Waals surface area contributed by atoms with Gasteiger partial charge in [0.1, 0.15) is 0 Å². The molecular weight excluding hydrogens is 450 g/mol. The van der Waals surface area contributed by atoms with Gasteiger partial charge in [-0.3, -0.25) is 14.6 Å². The molecule has 0 saturated heterocycles. The van der Waals surface area contributed by atoms with Crippen molar-refractivity contribution < 1.29 is 4.79 Å². The number of nitrogens with zero attached hydrogens (tertiary/aromatic N) is 3. The van der Waals surface area contributed by atoms with Crippen LogP contribution in [-0.4, -0.2) is 39.5 Å². The number of aromatic amines is 1. The zero-order valence-electron chi connectivity index (χ0n) is 21.3. The Kier molecular flexibility index (Phi) is 7.91. The summed E-state index contributed by atoms with van der Waals surface area (Å²) in [6.07, 6.45) is 1.63. The number of carbonyl (C=O) groups excluding carboxylic acids is 1. The van der Waals surface area contributed by atoms with Crippen LogP contribution in [-0.2, 0) is 19.5 Å². The largest absolute Gasteiger partial charge is 0.340 e. The Morgan fingerprint density at radius 2 is 1.85 bits per heavy atom. The summed E-state index contributed by atoms with van der Waals surface area (Å²) in [5.41, 5.74) is 5.54. The number of pyridine rings is 1. The summed E-state index contributed by atoms with van der Waals surface area (Å²) in [5.74, 6) is 5.94. The lowest BCUT2D eigenvalue weighted by Gasteiger charge is -2.20. The van der Waals surface area contributed by atoms with E-state index in [-0.39, 0.29) is 24.1 Å². The lowest BCUT2D eigenvalue weighted by atomic mass is 10.0. The number of nitrogens with one attached hydrogen (secondary N) is 1. The fraction of sp³-hybridized carbons (Fsp3) is 0.462. The fourth-order valence-electron chi connectivity index (χ4n) is 4.75. The van der Waals surface area contributed by atoms with Gasteiger partial charge in [-0.25, -0.2) is 5.84 Å². The van der Waals surface area contributed by atoms with E-state index in [0.29, 0.717) is 16.1 Å². The van der Waals surface area contributed by atoms with Gasteiger partial charge < -0.3 is 14.5 Å². The highest BCUT2D eigenvalue weighted by molar-refractivity contribution is 6.32. The van der Waals surface area contributed by atoms with E-state index in [4.69, 9.17) is 17.4 Å². The smallest absolute Gasteiger partial charge is 0.268 e. The van der Waals surface area contributed by atoms with Crippen molar-refractivity contribution in [3.05, 3.63) is 67.2 Å². The van der Waals surface area contributed by atoms with Crippen molar-refractivity contribution in [1.29, 1.82) is 0 Å². The maximum atomic E-state index is 13.6. The van der Waals surface area contributed by atoms with Crippen LogP contribution < -0.4 is 11.4 Å². The topological polar surface area (TPSA) is 87.4 Å². The van der Waals surface area contributed by atoms with Crippen LogP contribution in [0.1, 0.15) is 71.7 Å². The first-order chi connectivity index (χ1) is 16.0. The first-order valence-corrected chi connectivity index (χ1v) is 12.1. The number of halogens is 1. The number of aromatic nitrogens is 2. The van der Waals surface area contributed by atoms with Gasteiger partial charge in [0.15, 0.2) is 0 Å². The Hall–Kier alpha value is -2.61. The predicted molar refractivity (Wildman–Crippen MR) is 139 cm³/mol. The van der Waals surface area contributed by atoms with Crippen LogP contribution in [0.25, 0.3) is 10.9 Å². The summed E-state index contributed by atoms with van der Waals surface area (Å²) < 4.78 is 2.23. The third-order valence-electron chi connectivity index (χ3n) is 6.13. The molecule has 0 unspecified atom stereocenters.